The Morgan fingerprint density at radius 1 is 1.32 bits per heavy atom. The number of hydrogen-bond acceptors (Lipinski definition) is 3. The van der Waals surface area contributed by atoms with Crippen LogP contribution in [-0.2, 0) is 0 Å². The molecule has 1 aromatic heterocycles. The van der Waals surface area contributed by atoms with Gasteiger partial charge in [0, 0.05) is 37.1 Å². The van der Waals surface area contributed by atoms with Crippen molar-refractivity contribution >= 4 is 11.5 Å². The number of fused-ring (bicyclic) bond motifs is 1. The largest absolute Gasteiger partial charge is 0.370 e. The molecule has 1 saturated heterocycles. The first kappa shape index (κ1) is 12.8. The molecule has 2 unspecified atom stereocenters. The quantitative estimate of drug-likeness (QED) is 0.894. The highest BCUT2D eigenvalue weighted by molar-refractivity contribution is 5.55. The van der Waals surface area contributed by atoms with Gasteiger partial charge in [0.05, 0.1) is 0 Å². The predicted molar refractivity (Wildman–Crippen MR) is 80.7 cm³/mol. The minimum atomic E-state index is 0.787. The number of hydrogen-bond donors (Lipinski definition) is 1. The zero-order valence-electron chi connectivity index (χ0n) is 11.9. The van der Waals surface area contributed by atoms with Gasteiger partial charge in [0.2, 0.25) is 0 Å². The lowest BCUT2D eigenvalue weighted by molar-refractivity contribution is 0.342. The molecule has 3 nitrogen and oxygen atoms in total. The Labute approximate surface area is 116 Å². The van der Waals surface area contributed by atoms with Crippen LogP contribution in [-0.4, -0.2) is 24.1 Å². The van der Waals surface area contributed by atoms with Crippen molar-refractivity contribution in [3.05, 3.63) is 18.3 Å². The van der Waals surface area contributed by atoms with Crippen molar-refractivity contribution in [1.82, 2.24) is 4.98 Å². The average molecular weight is 259 g/mol. The number of nitrogens with zero attached hydrogens (tertiary/aromatic N) is 2. The fourth-order valence-corrected chi connectivity index (χ4v) is 3.67. The zero-order valence-corrected chi connectivity index (χ0v) is 11.9. The maximum atomic E-state index is 4.41. The maximum Gasteiger partial charge on any atom is 0.127 e. The molecule has 0 aromatic carbocycles. The summed E-state index contributed by atoms with van der Waals surface area (Å²) in [5.74, 6) is 1.97. The molecule has 1 aliphatic heterocycles. The van der Waals surface area contributed by atoms with E-state index in [-0.39, 0.29) is 0 Å². The minimum Gasteiger partial charge on any atom is -0.370 e. The SMILES string of the molecule is CCCNc1cc(N2CCC3CCCCC32)ccn1. The minimum absolute atomic E-state index is 0.787. The summed E-state index contributed by atoms with van der Waals surface area (Å²) in [6.45, 7) is 4.42. The molecule has 0 radical (unpaired) electrons. The second kappa shape index (κ2) is 5.81. The Balaban J connectivity index is 1.74. The Kier molecular flexibility index (Phi) is 3.90. The Morgan fingerprint density at radius 2 is 2.21 bits per heavy atom. The van der Waals surface area contributed by atoms with E-state index < -0.39 is 0 Å². The summed E-state index contributed by atoms with van der Waals surface area (Å²) in [6, 6.07) is 5.19. The normalized spacial score (nSPS) is 26.3. The highest BCUT2D eigenvalue weighted by atomic mass is 15.2. The van der Waals surface area contributed by atoms with Crippen molar-refractivity contribution in [1.29, 1.82) is 0 Å². The topological polar surface area (TPSA) is 28.2 Å². The Morgan fingerprint density at radius 3 is 3.11 bits per heavy atom. The van der Waals surface area contributed by atoms with E-state index in [0.717, 1.165) is 30.7 Å². The van der Waals surface area contributed by atoms with Gasteiger partial charge in [-0.1, -0.05) is 19.8 Å². The van der Waals surface area contributed by atoms with Gasteiger partial charge in [-0.3, -0.25) is 0 Å². The van der Waals surface area contributed by atoms with Crippen LogP contribution >= 0.6 is 0 Å². The molecule has 0 bridgehead atoms. The second-order valence-electron chi connectivity index (χ2n) is 5.92. The molecular formula is C16H25N3. The first-order chi connectivity index (χ1) is 9.38. The van der Waals surface area contributed by atoms with Gasteiger partial charge in [0.15, 0.2) is 0 Å². The molecule has 0 amide bonds. The third-order valence-corrected chi connectivity index (χ3v) is 4.64. The molecule has 3 heteroatoms. The van der Waals surface area contributed by atoms with Crippen LogP contribution in [0.1, 0.15) is 45.4 Å². The van der Waals surface area contributed by atoms with Crippen molar-refractivity contribution in [2.45, 2.75) is 51.5 Å². The molecular weight excluding hydrogens is 234 g/mol. The van der Waals surface area contributed by atoms with Crippen LogP contribution in [0.4, 0.5) is 11.5 Å². The first-order valence-corrected chi connectivity index (χ1v) is 7.85. The molecule has 2 heterocycles. The fraction of sp³-hybridized carbons (Fsp3) is 0.688. The monoisotopic (exact) mass is 259 g/mol. The highest BCUT2D eigenvalue weighted by Gasteiger charge is 2.35. The van der Waals surface area contributed by atoms with Crippen LogP contribution in [0.25, 0.3) is 0 Å². The number of nitrogens with one attached hydrogen (secondary N) is 1. The predicted octanol–water partition coefficient (Wildman–Crippen LogP) is 3.67. The van der Waals surface area contributed by atoms with Crippen LogP contribution < -0.4 is 10.2 Å². The Hall–Kier alpha value is -1.25. The lowest BCUT2D eigenvalue weighted by Gasteiger charge is -2.33. The van der Waals surface area contributed by atoms with E-state index in [1.807, 2.05) is 6.20 Å². The van der Waals surface area contributed by atoms with E-state index >= 15 is 0 Å². The van der Waals surface area contributed by atoms with Crippen LogP contribution in [0.15, 0.2) is 18.3 Å². The summed E-state index contributed by atoms with van der Waals surface area (Å²) < 4.78 is 0. The molecule has 1 aliphatic carbocycles. The molecule has 2 aliphatic rings. The molecule has 1 N–H and O–H groups in total. The zero-order chi connectivity index (χ0) is 13.1. The van der Waals surface area contributed by atoms with Gasteiger partial charge in [-0.2, -0.15) is 0 Å². The number of pyridine rings is 1. The van der Waals surface area contributed by atoms with Gasteiger partial charge in [-0.05, 0) is 37.7 Å². The lowest BCUT2D eigenvalue weighted by atomic mass is 9.85. The molecule has 2 atom stereocenters. The summed E-state index contributed by atoms with van der Waals surface area (Å²) in [5, 5.41) is 3.39. The maximum absolute atomic E-state index is 4.41. The fourth-order valence-electron chi connectivity index (χ4n) is 3.67. The number of anilines is 2. The van der Waals surface area contributed by atoms with E-state index in [0.29, 0.717) is 0 Å². The van der Waals surface area contributed by atoms with Gasteiger partial charge < -0.3 is 10.2 Å². The standard InChI is InChI=1S/C16H25N3/c1-2-9-17-16-12-14(7-10-18-16)19-11-8-13-5-3-4-6-15(13)19/h7,10,12-13,15H,2-6,8-9,11H2,1H3,(H,17,18). The first-order valence-electron chi connectivity index (χ1n) is 7.85. The molecule has 3 rings (SSSR count). The van der Waals surface area contributed by atoms with Crippen molar-refractivity contribution in [2.75, 3.05) is 23.3 Å². The van der Waals surface area contributed by atoms with Gasteiger partial charge in [0.25, 0.3) is 0 Å². The highest BCUT2D eigenvalue weighted by Crippen LogP contribution is 2.38. The molecule has 1 saturated carbocycles. The molecule has 19 heavy (non-hydrogen) atoms. The smallest absolute Gasteiger partial charge is 0.127 e. The van der Waals surface area contributed by atoms with E-state index in [1.165, 1.54) is 44.3 Å². The summed E-state index contributed by atoms with van der Waals surface area (Å²) in [6.07, 6.45) is 10.1. The van der Waals surface area contributed by atoms with E-state index in [4.69, 9.17) is 0 Å². The van der Waals surface area contributed by atoms with Crippen molar-refractivity contribution in [2.24, 2.45) is 5.92 Å². The molecule has 2 fully saturated rings. The second-order valence-corrected chi connectivity index (χ2v) is 5.92. The van der Waals surface area contributed by atoms with Crippen LogP contribution in [0.2, 0.25) is 0 Å². The summed E-state index contributed by atoms with van der Waals surface area (Å²) in [5.41, 5.74) is 1.36. The number of aromatic nitrogens is 1. The summed E-state index contributed by atoms with van der Waals surface area (Å²) in [7, 11) is 0. The van der Waals surface area contributed by atoms with Gasteiger partial charge in [0.1, 0.15) is 5.82 Å². The van der Waals surface area contributed by atoms with Crippen molar-refractivity contribution < 1.29 is 0 Å². The van der Waals surface area contributed by atoms with Gasteiger partial charge >= 0.3 is 0 Å². The molecule has 1 aromatic rings. The molecule has 104 valence electrons. The van der Waals surface area contributed by atoms with Gasteiger partial charge in [-0.15, -0.1) is 0 Å². The van der Waals surface area contributed by atoms with Crippen molar-refractivity contribution in [3.63, 3.8) is 0 Å². The lowest BCUT2D eigenvalue weighted by Crippen LogP contribution is -2.34. The Bertz CT molecular complexity index is 418. The van der Waals surface area contributed by atoms with Crippen molar-refractivity contribution in [3.8, 4) is 0 Å². The van der Waals surface area contributed by atoms with E-state index in [1.54, 1.807) is 0 Å². The van der Waals surface area contributed by atoms with Crippen LogP contribution in [0, 0.1) is 5.92 Å². The average Bonchev–Trinajstić information content (AvgIpc) is 2.89. The number of rotatable bonds is 4. The van der Waals surface area contributed by atoms with Gasteiger partial charge in [-0.25, -0.2) is 4.98 Å². The molecule has 0 spiro atoms. The van der Waals surface area contributed by atoms with E-state index in [2.05, 4.69) is 34.3 Å². The third-order valence-electron chi connectivity index (χ3n) is 4.64. The van der Waals surface area contributed by atoms with Crippen LogP contribution in [0.3, 0.4) is 0 Å². The summed E-state index contributed by atoms with van der Waals surface area (Å²) >= 11 is 0. The third kappa shape index (κ3) is 2.70. The van der Waals surface area contributed by atoms with E-state index in [9.17, 15) is 0 Å². The van der Waals surface area contributed by atoms with Crippen LogP contribution in [0.5, 0.6) is 0 Å². The summed E-state index contributed by atoms with van der Waals surface area (Å²) in [4.78, 5) is 7.04.